The maximum atomic E-state index is 14.0. The summed E-state index contributed by atoms with van der Waals surface area (Å²) in [5.41, 5.74) is -0.480. The number of nitrogens with zero attached hydrogens (tertiary/aromatic N) is 1. The number of amides is 1. The minimum atomic E-state index is -0.641. The van der Waals surface area contributed by atoms with Gasteiger partial charge in [0.15, 0.2) is 11.6 Å². The van der Waals surface area contributed by atoms with Crippen molar-refractivity contribution < 1.29 is 13.9 Å². The molecule has 6 heteroatoms. The van der Waals surface area contributed by atoms with Crippen molar-refractivity contribution >= 4 is 11.7 Å². The highest BCUT2D eigenvalue weighted by molar-refractivity contribution is 5.95. The van der Waals surface area contributed by atoms with Crippen LogP contribution in [0.2, 0.25) is 0 Å². The number of aromatic nitrogens is 1. The molecule has 0 bridgehead atoms. The Morgan fingerprint density at radius 1 is 1.63 bits per heavy atom. The summed E-state index contributed by atoms with van der Waals surface area (Å²) in [4.78, 5) is 16.0. The number of pyridine rings is 1. The first-order chi connectivity index (χ1) is 8.98. The summed E-state index contributed by atoms with van der Waals surface area (Å²) >= 11 is 0. The minimum Gasteiger partial charge on any atom is -0.376 e. The largest absolute Gasteiger partial charge is 0.376 e. The van der Waals surface area contributed by atoms with Gasteiger partial charge in [-0.25, -0.2) is 9.37 Å². The van der Waals surface area contributed by atoms with Crippen LogP contribution in [0.15, 0.2) is 12.3 Å². The number of halogens is 1. The lowest BCUT2D eigenvalue weighted by Crippen LogP contribution is -2.50. The molecule has 2 unspecified atom stereocenters. The van der Waals surface area contributed by atoms with E-state index in [0.717, 1.165) is 0 Å². The van der Waals surface area contributed by atoms with Gasteiger partial charge in [0.2, 0.25) is 0 Å². The highest BCUT2D eigenvalue weighted by Crippen LogP contribution is 2.26. The molecule has 2 N–H and O–H groups in total. The average molecular weight is 267 g/mol. The summed E-state index contributed by atoms with van der Waals surface area (Å²) in [6.07, 6.45) is 2.02. The van der Waals surface area contributed by atoms with E-state index in [0.29, 0.717) is 13.0 Å². The Balaban J connectivity index is 2.21. The van der Waals surface area contributed by atoms with Crippen LogP contribution < -0.4 is 10.6 Å². The van der Waals surface area contributed by atoms with Crippen LogP contribution in [0.1, 0.15) is 30.6 Å². The van der Waals surface area contributed by atoms with E-state index in [1.807, 2.05) is 13.8 Å². The average Bonchev–Trinajstić information content (AvgIpc) is 2.69. The number of carbonyl (C=O) groups excluding carboxylic acids is 1. The highest BCUT2D eigenvalue weighted by Gasteiger charge is 2.38. The second-order valence-corrected chi connectivity index (χ2v) is 4.91. The normalized spacial score (nSPS) is 26.2. The topological polar surface area (TPSA) is 63.2 Å². The van der Waals surface area contributed by atoms with Crippen LogP contribution in [0.4, 0.5) is 10.2 Å². The number of hydrogen-bond acceptors (Lipinski definition) is 4. The molecule has 1 aromatic rings. The molecule has 0 radical (unpaired) electrons. The Morgan fingerprint density at radius 2 is 2.37 bits per heavy atom. The third-order valence-electron chi connectivity index (χ3n) is 3.66. The van der Waals surface area contributed by atoms with Gasteiger partial charge in [0.1, 0.15) is 0 Å². The van der Waals surface area contributed by atoms with Crippen LogP contribution in [-0.4, -0.2) is 36.2 Å². The molecule has 2 rings (SSSR count). The third-order valence-corrected chi connectivity index (χ3v) is 3.66. The van der Waals surface area contributed by atoms with Gasteiger partial charge in [-0.3, -0.25) is 4.79 Å². The molecule has 2 heterocycles. The second kappa shape index (κ2) is 5.13. The summed E-state index contributed by atoms with van der Waals surface area (Å²) in [6.45, 7) is 4.40. The third kappa shape index (κ3) is 2.53. The molecule has 104 valence electrons. The SMILES string of the molecule is CNc1nccc(C(=O)NC2(C)CCOC2C)c1F. The molecule has 19 heavy (non-hydrogen) atoms. The smallest absolute Gasteiger partial charge is 0.254 e. The molecule has 1 aliphatic rings. The summed E-state index contributed by atoms with van der Waals surface area (Å²) in [6, 6.07) is 1.37. The van der Waals surface area contributed by atoms with E-state index in [9.17, 15) is 9.18 Å². The van der Waals surface area contributed by atoms with Gasteiger partial charge in [-0.15, -0.1) is 0 Å². The molecule has 2 atom stereocenters. The Labute approximate surface area is 111 Å². The van der Waals surface area contributed by atoms with Crippen molar-refractivity contribution in [3.63, 3.8) is 0 Å². The zero-order valence-electron chi connectivity index (χ0n) is 11.3. The first-order valence-electron chi connectivity index (χ1n) is 6.24. The van der Waals surface area contributed by atoms with Gasteiger partial charge in [-0.1, -0.05) is 0 Å². The Bertz CT molecular complexity index is 495. The van der Waals surface area contributed by atoms with E-state index >= 15 is 0 Å². The molecule has 1 amide bonds. The van der Waals surface area contributed by atoms with Crippen LogP contribution in [0, 0.1) is 5.82 Å². The van der Waals surface area contributed by atoms with Crippen LogP contribution in [0.3, 0.4) is 0 Å². The molecular weight excluding hydrogens is 249 g/mol. The number of hydrogen-bond donors (Lipinski definition) is 2. The van der Waals surface area contributed by atoms with E-state index in [-0.39, 0.29) is 17.5 Å². The summed E-state index contributed by atoms with van der Waals surface area (Å²) < 4.78 is 19.4. The number of rotatable bonds is 3. The first kappa shape index (κ1) is 13.7. The van der Waals surface area contributed by atoms with Crippen molar-refractivity contribution in [2.45, 2.75) is 31.9 Å². The monoisotopic (exact) mass is 267 g/mol. The standard InChI is InChI=1S/C13H18FN3O2/c1-8-13(2,5-7-19-8)17-12(18)9-4-6-16-11(15-3)10(9)14/h4,6,8H,5,7H2,1-3H3,(H,15,16)(H,17,18). The predicted octanol–water partition coefficient (Wildman–Crippen LogP) is 1.56. The van der Waals surface area contributed by atoms with Gasteiger partial charge in [-0.05, 0) is 26.3 Å². The van der Waals surface area contributed by atoms with Crippen molar-refractivity contribution in [1.29, 1.82) is 0 Å². The molecular formula is C13H18FN3O2. The Morgan fingerprint density at radius 3 is 2.95 bits per heavy atom. The molecule has 1 aliphatic heterocycles. The van der Waals surface area contributed by atoms with Gasteiger partial charge >= 0.3 is 0 Å². The highest BCUT2D eigenvalue weighted by atomic mass is 19.1. The van der Waals surface area contributed by atoms with Crippen LogP contribution in [-0.2, 0) is 4.74 Å². The number of anilines is 1. The maximum Gasteiger partial charge on any atom is 0.254 e. The van der Waals surface area contributed by atoms with Gasteiger partial charge in [0, 0.05) is 19.9 Å². The molecule has 1 fully saturated rings. The lowest BCUT2D eigenvalue weighted by atomic mass is 9.94. The molecule has 0 saturated carbocycles. The molecule has 1 aromatic heterocycles. The number of ether oxygens (including phenoxy) is 1. The first-order valence-corrected chi connectivity index (χ1v) is 6.24. The Hall–Kier alpha value is -1.69. The van der Waals surface area contributed by atoms with E-state index in [1.165, 1.54) is 12.3 Å². The molecule has 5 nitrogen and oxygen atoms in total. The van der Waals surface area contributed by atoms with Crippen molar-refractivity contribution in [3.8, 4) is 0 Å². The van der Waals surface area contributed by atoms with Crippen LogP contribution in [0.25, 0.3) is 0 Å². The fourth-order valence-electron chi connectivity index (χ4n) is 2.12. The van der Waals surface area contributed by atoms with E-state index < -0.39 is 17.3 Å². The summed E-state index contributed by atoms with van der Waals surface area (Å²) in [5.74, 6) is -1.03. The molecule has 0 aromatic carbocycles. The maximum absolute atomic E-state index is 14.0. The number of nitrogens with one attached hydrogen (secondary N) is 2. The Kier molecular flexibility index (Phi) is 3.71. The summed E-state index contributed by atoms with van der Waals surface area (Å²) in [5, 5.41) is 5.47. The fourth-order valence-corrected chi connectivity index (χ4v) is 2.12. The van der Waals surface area contributed by atoms with Gasteiger partial charge in [0.05, 0.1) is 17.2 Å². The predicted molar refractivity (Wildman–Crippen MR) is 69.6 cm³/mol. The molecule has 0 spiro atoms. The zero-order chi connectivity index (χ0) is 14.0. The lowest BCUT2D eigenvalue weighted by molar-refractivity contribution is 0.0724. The van der Waals surface area contributed by atoms with E-state index in [2.05, 4.69) is 15.6 Å². The molecule has 1 saturated heterocycles. The van der Waals surface area contributed by atoms with Crippen molar-refractivity contribution in [2.75, 3.05) is 19.0 Å². The fraction of sp³-hybridized carbons (Fsp3) is 0.538. The van der Waals surface area contributed by atoms with E-state index in [4.69, 9.17) is 4.74 Å². The van der Waals surface area contributed by atoms with Crippen molar-refractivity contribution in [2.24, 2.45) is 0 Å². The van der Waals surface area contributed by atoms with Gasteiger partial charge in [-0.2, -0.15) is 0 Å². The quantitative estimate of drug-likeness (QED) is 0.872. The van der Waals surface area contributed by atoms with Crippen LogP contribution >= 0.6 is 0 Å². The minimum absolute atomic E-state index is 0.0142. The molecule has 0 aliphatic carbocycles. The van der Waals surface area contributed by atoms with Gasteiger partial charge < -0.3 is 15.4 Å². The second-order valence-electron chi connectivity index (χ2n) is 4.91. The van der Waals surface area contributed by atoms with Crippen molar-refractivity contribution in [3.05, 3.63) is 23.6 Å². The zero-order valence-corrected chi connectivity index (χ0v) is 11.3. The van der Waals surface area contributed by atoms with Crippen LogP contribution in [0.5, 0.6) is 0 Å². The van der Waals surface area contributed by atoms with Crippen molar-refractivity contribution in [1.82, 2.24) is 10.3 Å². The number of carbonyl (C=O) groups is 1. The van der Waals surface area contributed by atoms with E-state index in [1.54, 1.807) is 7.05 Å². The van der Waals surface area contributed by atoms with Gasteiger partial charge in [0.25, 0.3) is 5.91 Å². The summed E-state index contributed by atoms with van der Waals surface area (Å²) in [7, 11) is 1.56. The lowest BCUT2D eigenvalue weighted by Gasteiger charge is -2.29.